The van der Waals surface area contributed by atoms with Crippen LogP contribution < -0.4 is 5.32 Å². The Morgan fingerprint density at radius 3 is 2.90 bits per heavy atom. The summed E-state index contributed by atoms with van der Waals surface area (Å²) in [5.74, 6) is 1.54. The molecule has 0 fully saturated rings. The Morgan fingerprint density at radius 1 is 1.27 bits per heavy atom. The number of rotatable bonds is 10. The summed E-state index contributed by atoms with van der Waals surface area (Å²) in [4.78, 5) is 25.3. The molecule has 0 spiro atoms. The number of allylic oxidation sites excluding steroid dienone is 2. The van der Waals surface area contributed by atoms with Gasteiger partial charge in [0.2, 0.25) is 0 Å². The fraction of sp³-hybridized carbons (Fsp3) is 0.500. The summed E-state index contributed by atoms with van der Waals surface area (Å²) in [6, 6.07) is 4.38. The van der Waals surface area contributed by atoms with Gasteiger partial charge in [0.05, 0.1) is 13.0 Å². The molecular weight excluding hydrogens is 376 g/mol. The second-order valence-electron chi connectivity index (χ2n) is 7.69. The zero-order valence-electron chi connectivity index (χ0n) is 18.1. The summed E-state index contributed by atoms with van der Waals surface area (Å²) in [6.07, 6.45) is 14.6. The minimum atomic E-state index is -0.195. The zero-order chi connectivity index (χ0) is 21.2. The normalized spacial score (nSPS) is 14.2. The van der Waals surface area contributed by atoms with Crippen LogP contribution in [0.5, 0.6) is 0 Å². The number of hydrogen-bond acceptors (Lipinski definition) is 6. The summed E-state index contributed by atoms with van der Waals surface area (Å²) in [5.41, 5.74) is 3.43. The third kappa shape index (κ3) is 6.65. The van der Waals surface area contributed by atoms with Crippen LogP contribution in [0.2, 0.25) is 0 Å². The van der Waals surface area contributed by atoms with E-state index < -0.39 is 0 Å². The van der Waals surface area contributed by atoms with E-state index in [1.807, 2.05) is 13.8 Å². The van der Waals surface area contributed by atoms with Crippen LogP contribution in [-0.2, 0) is 22.4 Å². The van der Waals surface area contributed by atoms with Crippen molar-refractivity contribution < 1.29 is 9.53 Å². The maximum Gasteiger partial charge on any atom is 0.306 e. The molecule has 2 aromatic heterocycles. The van der Waals surface area contributed by atoms with Crippen molar-refractivity contribution in [1.82, 2.24) is 15.0 Å². The number of carbonyl (C=O) groups excluding carboxylic acids is 1. The SMILES string of the molecule is CCOC(=O)CC(/C=C/CCCCc1ccc2c(n1)NCCC2)c1cnc(C)nc1. The molecular formula is C24H32N4O2. The number of aryl methyl sites for hydroxylation is 3. The number of hydrogen-bond donors (Lipinski definition) is 1. The predicted octanol–water partition coefficient (Wildman–Crippen LogP) is 4.54. The van der Waals surface area contributed by atoms with Crippen LogP contribution in [0, 0.1) is 6.92 Å². The van der Waals surface area contributed by atoms with Gasteiger partial charge in [-0.05, 0) is 69.6 Å². The molecule has 30 heavy (non-hydrogen) atoms. The number of anilines is 1. The van der Waals surface area contributed by atoms with E-state index in [-0.39, 0.29) is 11.9 Å². The first-order valence-corrected chi connectivity index (χ1v) is 11.0. The molecule has 0 amide bonds. The quantitative estimate of drug-likeness (QED) is 0.353. The molecule has 0 aliphatic carbocycles. The van der Waals surface area contributed by atoms with Crippen LogP contribution in [0.1, 0.15) is 67.6 Å². The minimum Gasteiger partial charge on any atom is -0.466 e. The lowest BCUT2D eigenvalue weighted by atomic mass is 9.97. The van der Waals surface area contributed by atoms with Crippen molar-refractivity contribution in [3.63, 3.8) is 0 Å². The molecule has 1 N–H and O–H groups in total. The van der Waals surface area contributed by atoms with E-state index in [2.05, 4.69) is 39.6 Å². The molecule has 160 valence electrons. The number of aromatic nitrogens is 3. The molecule has 6 heteroatoms. The Morgan fingerprint density at radius 2 is 2.10 bits per heavy atom. The van der Waals surface area contributed by atoms with Gasteiger partial charge in [0.15, 0.2) is 0 Å². The van der Waals surface area contributed by atoms with Gasteiger partial charge in [-0.2, -0.15) is 0 Å². The summed E-state index contributed by atoms with van der Waals surface area (Å²) in [5, 5.41) is 3.40. The first-order valence-electron chi connectivity index (χ1n) is 11.0. The second kappa shape index (κ2) is 11.4. The third-order valence-electron chi connectivity index (χ3n) is 5.29. The van der Waals surface area contributed by atoms with Gasteiger partial charge in [-0.25, -0.2) is 15.0 Å². The van der Waals surface area contributed by atoms with Gasteiger partial charge in [0.25, 0.3) is 0 Å². The standard InChI is InChI=1S/C24H32N4O2/c1-3-30-23(29)15-20(21-16-26-18(2)27-17-21)9-6-4-5-7-11-22-13-12-19-10-8-14-25-24(19)28-22/h6,9,12-13,16-17,20H,3-5,7-8,10-11,14-15H2,1-2H3,(H,25,28)/b9-6+. The molecule has 1 aliphatic rings. The average molecular weight is 409 g/mol. The van der Waals surface area contributed by atoms with Gasteiger partial charge >= 0.3 is 5.97 Å². The first kappa shape index (κ1) is 21.9. The van der Waals surface area contributed by atoms with Crippen molar-refractivity contribution in [2.24, 2.45) is 0 Å². The minimum absolute atomic E-state index is 0.0574. The molecule has 1 unspecified atom stereocenters. The number of carbonyl (C=O) groups is 1. The Hall–Kier alpha value is -2.76. The lowest BCUT2D eigenvalue weighted by molar-refractivity contribution is -0.143. The van der Waals surface area contributed by atoms with Crippen LogP contribution >= 0.6 is 0 Å². The molecule has 0 saturated carbocycles. The number of esters is 1. The molecule has 3 heterocycles. The predicted molar refractivity (Wildman–Crippen MR) is 119 cm³/mol. The summed E-state index contributed by atoms with van der Waals surface area (Å²) in [7, 11) is 0. The maximum atomic E-state index is 12.0. The fourth-order valence-electron chi connectivity index (χ4n) is 3.63. The van der Waals surface area contributed by atoms with Gasteiger partial charge in [-0.3, -0.25) is 4.79 Å². The van der Waals surface area contributed by atoms with Gasteiger partial charge in [-0.1, -0.05) is 18.2 Å². The van der Waals surface area contributed by atoms with E-state index in [1.165, 1.54) is 12.0 Å². The lowest BCUT2D eigenvalue weighted by Gasteiger charge is -2.17. The highest BCUT2D eigenvalue weighted by molar-refractivity contribution is 5.71. The van der Waals surface area contributed by atoms with E-state index in [9.17, 15) is 4.79 Å². The van der Waals surface area contributed by atoms with Gasteiger partial charge in [0.1, 0.15) is 11.6 Å². The number of nitrogens with one attached hydrogen (secondary N) is 1. The van der Waals surface area contributed by atoms with E-state index >= 15 is 0 Å². The molecule has 6 nitrogen and oxygen atoms in total. The second-order valence-corrected chi connectivity index (χ2v) is 7.69. The molecule has 1 atom stereocenters. The number of unbranched alkanes of at least 4 members (excludes halogenated alkanes) is 2. The van der Waals surface area contributed by atoms with E-state index in [1.54, 1.807) is 12.4 Å². The molecule has 0 saturated heterocycles. The lowest BCUT2D eigenvalue weighted by Crippen LogP contribution is -2.13. The monoisotopic (exact) mass is 408 g/mol. The smallest absolute Gasteiger partial charge is 0.306 e. The molecule has 3 rings (SSSR count). The van der Waals surface area contributed by atoms with Crippen LogP contribution in [0.25, 0.3) is 0 Å². The fourth-order valence-corrected chi connectivity index (χ4v) is 3.63. The van der Waals surface area contributed by atoms with Crippen molar-refractivity contribution in [2.75, 3.05) is 18.5 Å². The van der Waals surface area contributed by atoms with Crippen molar-refractivity contribution in [3.05, 3.63) is 59.3 Å². The van der Waals surface area contributed by atoms with E-state index in [0.717, 1.165) is 61.5 Å². The molecule has 1 aliphatic heterocycles. The molecule has 0 bridgehead atoms. The van der Waals surface area contributed by atoms with Gasteiger partial charge < -0.3 is 10.1 Å². The van der Waals surface area contributed by atoms with Gasteiger partial charge in [-0.15, -0.1) is 0 Å². The first-order chi connectivity index (χ1) is 14.7. The third-order valence-corrected chi connectivity index (χ3v) is 5.29. The van der Waals surface area contributed by atoms with Crippen LogP contribution in [-0.4, -0.2) is 34.1 Å². The average Bonchev–Trinajstić information content (AvgIpc) is 2.76. The Balaban J connectivity index is 1.48. The zero-order valence-corrected chi connectivity index (χ0v) is 18.1. The summed E-state index contributed by atoms with van der Waals surface area (Å²) >= 11 is 0. The molecule has 0 radical (unpaired) electrons. The number of ether oxygens (including phenoxy) is 1. The van der Waals surface area contributed by atoms with E-state index in [4.69, 9.17) is 9.72 Å². The largest absolute Gasteiger partial charge is 0.466 e. The highest BCUT2D eigenvalue weighted by Gasteiger charge is 2.15. The van der Waals surface area contributed by atoms with Gasteiger partial charge in [0, 0.05) is 30.6 Å². The summed E-state index contributed by atoms with van der Waals surface area (Å²) < 4.78 is 5.13. The van der Waals surface area contributed by atoms with Crippen LogP contribution in [0.15, 0.2) is 36.7 Å². The number of nitrogens with zero attached hydrogens (tertiary/aromatic N) is 3. The van der Waals surface area contributed by atoms with Crippen LogP contribution in [0.3, 0.4) is 0 Å². The molecule has 0 aromatic carbocycles. The van der Waals surface area contributed by atoms with E-state index in [0.29, 0.717) is 13.0 Å². The number of fused-ring (bicyclic) bond motifs is 1. The van der Waals surface area contributed by atoms with Crippen LogP contribution in [0.4, 0.5) is 5.82 Å². The van der Waals surface area contributed by atoms with Crippen molar-refractivity contribution in [1.29, 1.82) is 0 Å². The highest BCUT2D eigenvalue weighted by atomic mass is 16.5. The Labute approximate surface area is 179 Å². The van der Waals surface area contributed by atoms with Crippen molar-refractivity contribution in [2.45, 2.75) is 64.7 Å². The molecule has 2 aromatic rings. The number of pyridine rings is 1. The Bertz CT molecular complexity index is 849. The maximum absolute atomic E-state index is 12.0. The Kier molecular flexibility index (Phi) is 8.36. The topological polar surface area (TPSA) is 77.0 Å². The summed E-state index contributed by atoms with van der Waals surface area (Å²) in [6.45, 7) is 5.10. The van der Waals surface area contributed by atoms with Crippen molar-refractivity contribution in [3.8, 4) is 0 Å². The van der Waals surface area contributed by atoms with Crippen molar-refractivity contribution >= 4 is 11.8 Å². The highest BCUT2D eigenvalue weighted by Crippen LogP contribution is 2.22.